The number of hydrogen-bond donors (Lipinski definition) is 1. The molecule has 2 heterocycles. The molecule has 0 saturated carbocycles. The molecule has 0 unspecified atom stereocenters. The molecule has 0 atom stereocenters. The van der Waals surface area contributed by atoms with E-state index in [9.17, 15) is 9.90 Å². The number of benzene rings is 3. The van der Waals surface area contributed by atoms with E-state index in [4.69, 9.17) is 4.42 Å². The molecule has 1 aliphatic rings. The quantitative estimate of drug-likeness (QED) is 0.361. The molecule has 144 valence electrons. The van der Waals surface area contributed by atoms with Crippen LogP contribution in [0.1, 0.15) is 26.7 Å². The van der Waals surface area contributed by atoms with E-state index in [1.54, 1.807) is 18.2 Å². The minimum absolute atomic E-state index is 0.103. The van der Waals surface area contributed by atoms with E-state index in [0.29, 0.717) is 10.6 Å². The van der Waals surface area contributed by atoms with E-state index in [2.05, 4.69) is 47.4 Å². The molecule has 2 aromatic heterocycles. The average Bonchev–Trinajstić information content (AvgIpc) is 3.48. The van der Waals surface area contributed by atoms with Crippen LogP contribution in [0.4, 0.5) is 0 Å². The van der Waals surface area contributed by atoms with Crippen LogP contribution in [0.15, 0.2) is 76.5 Å². The molecule has 1 N–H and O–H groups in total. The molecule has 0 aliphatic heterocycles. The Morgan fingerprint density at radius 1 is 0.967 bits per heavy atom. The van der Waals surface area contributed by atoms with Crippen molar-refractivity contribution in [2.45, 2.75) is 6.42 Å². The summed E-state index contributed by atoms with van der Waals surface area (Å²) in [5, 5.41) is 12.7. The summed E-state index contributed by atoms with van der Waals surface area (Å²) in [4.78, 5) is 17.5. The van der Waals surface area contributed by atoms with Crippen LogP contribution in [0.25, 0.3) is 33.4 Å². The summed E-state index contributed by atoms with van der Waals surface area (Å²) in [5.41, 5.74) is 7.47. The van der Waals surface area contributed by atoms with Crippen LogP contribution in [-0.4, -0.2) is 15.9 Å². The molecule has 3 aromatic carbocycles. The first-order valence-corrected chi connectivity index (χ1v) is 10.5. The number of thiazole rings is 1. The molecule has 5 heteroatoms. The highest BCUT2D eigenvalue weighted by atomic mass is 32.1. The van der Waals surface area contributed by atoms with Gasteiger partial charge in [-0.3, -0.25) is 4.79 Å². The summed E-state index contributed by atoms with van der Waals surface area (Å²) in [6, 6.07) is 21.3. The van der Waals surface area contributed by atoms with Gasteiger partial charge < -0.3 is 9.52 Å². The number of furan rings is 1. The molecule has 30 heavy (non-hydrogen) atoms. The third-order valence-electron chi connectivity index (χ3n) is 5.52. The number of nitrogens with zero attached hydrogens (tertiary/aromatic N) is 1. The third kappa shape index (κ3) is 2.67. The fourth-order valence-electron chi connectivity index (χ4n) is 4.05. The number of rotatable bonds is 3. The smallest absolute Gasteiger partial charge is 0.256 e. The lowest BCUT2D eigenvalue weighted by molar-refractivity contribution is 0.101. The highest BCUT2D eigenvalue weighted by molar-refractivity contribution is 7.12. The highest BCUT2D eigenvalue weighted by Crippen LogP contribution is 2.38. The van der Waals surface area contributed by atoms with Gasteiger partial charge in [0.25, 0.3) is 5.78 Å². The predicted molar refractivity (Wildman–Crippen MR) is 117 cm³/mol. The Balaban J connectivity index is 1.32. The Morgan fingerprint density at radius 2 is 1.83 bits per heavy atom. The lowest BCUT2D eigenvalue weighted by Crippen LogP contribution is -1.98. The zero-order chi connectivity index (χ0) is 20.2. The van der Waals surface area contributed by atoms with Crippen LogP contribution >= 0.6 is 11.3 Å². The van der Waals surface area contributed by atoms with E-state index in [1.807, 2.05) is 5.38 Å². The summed E-state index contributed by atoms with van der Waals surface area (Å²) in [6.45, 7) is 0. The van der Waals surface area contributed by atoms with Crippen molar-refractivity contribution >= 4 is 28.1 Å². The van der Waals surface area contributed by atoms with Gasteiger partial charge in [-0.2, -0.15) is 0 Å². The van der Waals surface area contributed by atoms with Crippen molar-refractivity contribution in [1.29, 1.82) is 0 Å². The number of ketones is 1. The Kier molecular flexibility index (Phi) is 3.67. The number of phenols is 1. The second-order valence-corrected chi connectivity index (χ2v) is 8.26. The maximum atomic E-state index is 12.9. The largest absolute Gasteiger partial charge is 0.508 e. The molecule has 4 nitrogen and oxygen atoms in total. The van der Waals surface area contributed by atoms with E-state index in [0.717, 1.165) is 23.1 Å². The van der Waals surface area contributed by atoms with Crippen molar-refractivity contribution in [3.8, 4) is 28.1 Å². The molecular weight excluding hydrogens is 394 g/mol. The van der Waals surface area contributed by atoms with Crippen LogP contribution in [-0.2, 0) is 6.42 Å². The molecule has 0 amide bonds. The third-order valence-corrected chi connectivity index (χ3v) is 6.36. The van der Waals surface area contributed by atoms with Gasteiger partial charge in [-0.25, -0.2) is 4.98 Å². The summed E-state index contributed by atoms with van der Waals surface area (Å²) in [6.07, 6.45) is 0.918. The average molecular weight is 409 g/mol. The monoisotopic (exact) mass is 409 g/mol. The molecule has 6 rings (SSSR count). The van der Waals surface area contributed by atoms with Gasteiger partial charge in [0, 0.05) is 22.4 Å². The van der Waals surface area contributed by atoms with E-state index in [1.165, 1.54) is 39.7 Å². The minimum Gasteiger partial charge on any atom is -0.508 e. The first kappa shape index (κ1) is 17.2. The van der Waals surface area contributed by atoms with Gasteiger partial charge in [0.05, 0.1) is 5.69 Å². The van der Waals surface area contributed by atoms with Crippen molar-refractivity contribution < 1.29 is 14.3 Å². The van der Waals surface area contributed by atoms with Crippen LogP contribution < -0.4 is 0 Å². The molecule has 0 saturated heterocycles. The maximum absolute atomic E-state index is 12.9. The van der Waals surface area contributed by atoms with E-state index >= 15 is 0 Å². The van der Waals surface area contributed by atoms with Gasteiger partial charge in [-0.15, -0.1) is 11.3 Å². The number of aromatic nitrogens is 1. The zero-order valence-corrected chi connectivity index (χ0v) is 16.6. The summed E-state index contributed by atoms with van der Waals surface area (Å²) in [5.74, 6) is 0.0718. The minimum atomic E-state index is -0.254. The first-order chi connectivity index (χ1) is 14.7. The second-order valence-electron chi connectivity index (χ2n) is 7.41. The maximum Gasteiger partial charge on any atom is 0.256 e. The fourth-order valence-corrected chi connectivity index (χ4v) is 4.82. The van der Waals surface area contributed by atoms with Gasteiger partial charge in [0.1, 0.15) is 11.3 Å². The molecule has 0 bridgehead atoms. The molecule has 5 aromatic rings. The number of phenolic OH excluding ortho intramolecular Hbond substituents is 1. The molecule has 0 spiro atoms. The predicted octanol–water partition coefficient (Wildman–Crippen LogP) is 6.06. The van der Waals surface area contributed by atoms with E-state index in [-0.39, 0.29) is 17.3 Å². The van der Waals surface area contributed by atoms with Gasteiger partial charge in [0.15, 0.2) is 10.8 Å². The highest BCUT2D eigenvalue weighted by Gasteiger charge is 2.21. The normalized spacial score (nSPS) is 12.1. The standard InChI is InChI=1S/C25H15NO3S/c27-18-7-5-16-11-23(29-22(16)12-18)24(28)25-26-21(13-30-25)15-6-8-20-17(10-15)9-14-3-1-2-4-19(14)20/h1-8,10-13,27H,9H2. The Morgan fingerprint density at radius 3 is 2.77 bits per heavy atom. The van der Waals surface area contributed by atoms with Crippen molar-refractivity contribution in [3.05, 3.63) is 94.0 Å². The van der Waals surface area contributed by atoms with E-state index < -0.39 is 0 Å². The Hall–Kier alpha value is -3.70. The first-order valence-electron chi connectivity index (χ1n) is 9.60. The van der Waals surface area contributed by atoms with Gasteiger partial charge in [0.2, 0.25) is 0 Å². The van der Waals surface area contributed by atoms with Crippen molar-refractivity contribution in [2.75, 3.05) is 0 Å². The lowest BCUT2D eigenvalue weighted by atomic mass is 10.0. The topological polar surface area (TPSA) is 63.3 Å². The Labute approximate surface area is 176 Å². The van der Waals surface area contributed by atoms with Gasteiger partial charge in [-0.05, 0) is 52.9 Å². The molecule has 0 fully saturated rings. The van der Waals surface area contributed by atoms with Crippen LogP contribution in [0.5, 0.6) is 5.75 Å². The fraction of sp³-hybridized carbons (Fsp3) is 0.0400. The number of hydrogen-bond acceptors (Lipinski definition) is 5. The van der Waals surface area contributed by atoms with Crippen molar-refractivity contribution in [1.82, 2.24) is 4.98 Å². The van der Waals surface area contributed by atoms with Crippen LogP contribution in [0.3, 0.4) is 0 Å². The summed E-state index contributed by atoms with van der Waals surface area (Å²) >= 11 is 1.31. The summed E-state index contributed by atoms with van der Waals surface area (Å²) < 4.78 is 5.63. The van der Waals surface area contributed by atoms with Crippen LogP contribution in [0, 0.1) is 0 Å². The summed E-state index contributed by atoms with van der Waals surface area (Å²) in [7, 11) is 0. The van der Waals surface area contributed by atoms with Crippen molar-refractivity contribution in [3.63, 3.8) is 0 Å². The number of carbonyl (C=O) groups excluding carboxylic acids is 1. The Bertz CT molecular complexity index is 1460. The number of fused-ring (bicyclic) bond motifs is 4. The lowest BCUT2D eigenvalue weighted by Gasteiger charge is -2.03. The molecule has 1 aliphatic carbocycles. The number of aromatic hydroxyl groups is 1. The zero-order valence-electron chi connectivity index (χ0n) is 15.8. The van der Waals surface area contributed by atoms with Crippen molar-refractivity contribution in [2.24, 2.45) is 0 Å². The molecule has 0 radical (unpaired) electrons. The number of carbonyl (C=O) groups is 1. The van der Waals surface area contributed by atoms with Gasteiger partial charge >= 0.3 is 0 Å². The van der Waals surface area contributed by atoms with Crippen LogP contribution in [0.2, 0.25) is 0 Å². The molecular formula is C25H15NO3S. The SMILES string of the molecule is O=C(c1cc2ccc(O)cc2o1)c1nc(-c2ccc3c(c2)Cc2ccccc2-3)cs1. The van der Waals surface area contributed by atoms with Gasteiger partial charge in [-0.1, -0.05) is 36.4 Å². The second kappa shape index (κ2) is 6.40.